The molecule has 0 atom stereocenters. The molecule has 0 bridgehead atoms. The van der Waals surface area contributed by atoms with E-state index in [1.54, 1.807) is 36.7 Å². The van der Waals surface area contributed by atoms with Crippen LogP contribution in [-0.4, -0.2) is 45.8 Å². The zero-order chi connectivity index (χ0) is 21.5. The number of thiazole rings is 2. The van der Waals surface area contributed by atoms with Crippen molar-refractivity contribution in [1.82, 2.24) is 19.9 Å². The number of hydrogen-bond acceptors (Lipinski definition) is 8. The first-order valence-corrected chi connectivity index (χ1v) is 11.8. The Balaban J connectivity index is 1.42. The average molecular weight is 454 g/mol. The second kappa shape index (κ2) is 8.07. The Kier molecular flexibility index (Phi) is 5.25. The minimum Gasteiger partial charge on any atom is -0.507 e. The highest BCUT2D eigenvalue weighted by molar-refractivity contribution is 7.29. The Hall–Kier alpha value is -2.75. The average Bonchev–Trinajstić information content (AvgIpc) is 3.35. The molecule has 0 saturated carbocycles. The van der Waals surface area contributed by atoms with Crippen LogP contribution in [0.2, 0.25) is 0 Å². The van der Waals surface area contributed by atoms with Gasteiger partial charge < -0.3 is 19.9 Å². The van der Waals surface area contributed by atoms with Gasteiger partial charge in [-0.1, -0.05) is 28.7 Å². The molecule has 3 aromatic heterocycles. The molecule has 1 aliphatic rings. The van der Waals surface area contributed by atoms with E-state index in [0.29, 0.717) is 11.6 Å². The number of hydrogen-bond donors (Lipinski definition) is 2. The maximum atomic E-state index is 11.9. The number of anilines is 1. The fourth-order valence-electron chi connectivity index (χ4n) is 3.87. The maximum absolute atomic E-state index is 11.9. The smallest absolute Gasteiger partial charge is 0.250 e. The Labute approximate surface area is 187 Å². The molecule has 31 heavy (non-hydrogen) atoms. The summed E-state index contributed by atoms with van der Waals surface area (Å²) in [5.41, 5.74) is 2.16. The molecule has 0 spiro atoms. The Morgan fingerprint density at radius 2 is 1.84 bits per heavy atom. The third kappa shape index (κ3) is 3.84. The van der Waals surface area contributed by atoms with Gasteiger partial charge in [-0.05, 0) is 55.3 Å². The van der Waals surface area contributed by atoms with Gasteiger partial charge in [0.2, 0.25) is 0 Å². The topological polar surface area (TPSA) is 83.3 Å². The van der Waals surface area contributed by atoms with Gasteiger partial charge in [-0.3, -0.25) is 4.79 Å². The highest BCUT2D eigenvalue weighted by Gasteiger charge is 2.22. The van der Waals surface area contributed by atoms with Gasteiger partial charge in [-0.15, -0.1) is 0 Å². The van der Waals surface area contributed by atoms with Gasteiger partial charge in [0.1, 0.15) is 10.8 Å². The van der Waals surface area contributed by atoms with Gasteiger partial charge in [-0.25, -0.2) is 9.97 Å². The van der Waals surface area contributed by atoms with Crippen molar-refractivity contribution < 1.29 is 5.11 Å². The number of aromatic nitrogens is 3. The molecule has 4 aromatic rings. The molecule has 5 rings (SSSR count). The Morgan fingerprint density at radius 1 is 1.10 bits per heavy atom. The van der Waals surface area contributed by atoms with E-state index in [2.05, 4.69) is 17.3 Å². The molecule has 1 fully saturated rings. The summed E-state index contributed by atoms with van der Waals surface area (Å²) in [6.07, 6.45) is 3.97. The van der Waals surface area contributed by atoms with E-state index in [1.807, 2.05) is 18.2 Å². The molecule has 9 heteroatoms. The lowest BCUT2D eigenvalue weighted by atomic mass is 10.0. The van der Waals surface area contributed by atoms with Gasteiger partial charge >= 0.3 is 0 Å². The van der Waals surface area contributed by atoms with Crippen LogP contribution in [-0.2, 0) is 7.05 Å². The Bertz CT molecular complexity index is 1270. The molecule has 0 aliphatic carbocycles. The van der Waals surface area contributed by atoms with Crippen molar-refractivity contribution in [3.63, 3.8) is 0 Å². The van der Waals surface area contributed by atoms with Crippen LogP contribution in [0.15, 0.2) is 41.3 Å². The van der Waals surface area contributed by atoms with Crippen molar-refractivity contribution >= 4 is 37.5 Å². The summed E-state index contributed by atoms with van der Waals surface area (Å²) in [6.45, 7) is 2.09. The van der Waals surface area contributed by atoms with Crippen LogP contribution in [0.4, 0.5) is 5.13 Å². The van der Waals surface area contributed by atoms with Crippen molar-refractivity contribution in [2.24, 2.45) is 7.05 Å². The van der Waals surface area contributed by atoms with Gasteiger partial charge in [0.15, 0.2) is 14.8 Å². The summed E-state index contributed by atoms with van der Waals surface area (Å²) < 4.78 is 1.52. The SMILES string of the molecule is CN(c1nc2sc(-c3ccc(-c4ccn(C)c(=O)c4)cc3O)nc2s1)C1CCNCC1. The number of benzene rings is 1. The van der Waals surface area contributed by atoms with E-state index in [4.69, 9.17) is 9.97 Å². The zero-order valence-corrected chi connectivity index (χ0v) is 19.0. The molecule has 2 N–H and O–H groups in total. The number of piperidine rings is 1. The summed E-state index contributed by atoms with van der Waals surface area (Å²) in [6, 6.07) is 9.38. The first kappa shape index (κ1) is 20.2. The molecule has 0 radical (unpaired) electrons. The van der Waals surface area contributed by atoms with Gasteiger partial charge in [0.25, 0.3) is 5.56 Å². The number of phenols is 1. The maximum Gasteiger partial charge on any atom is 0.250 e. The predicted molar refractivity (Wildman–Crippen MR) is 127 cm³/mol. The molecule has 1 aromatic carbocycles. The number of nitrogens with one attached hydrogen (secondary N) is 1. The number of nitrogens with zero attached hydrogens (tertiary/aromatic N) is 4. The standard InChI is InChI=1S/C22H23N5O2S2/c1-26-10-7-14(12-18(26)29)13-3-4-16(17(28)11-13)19-24-20-21(30-19)25-22(31-20)27(2)15-5-8-23-9-6-15/h3-4,7,10-12,15,23,28H,5-6,8-9H2,1-2H3. The third-order valence-electron chi connectivity index (χ3n) is 5.79. The number of phenolic OH excluding ortho intramolecular Hbond substituents is 1. The first-order chi connectivity index (χ1) is 15.0. The van der Waals surface area contributed by atoms with Crippen molar-refractivity contribution in [2.45, 2.75) is 18.9 Å². The number of aryl methyl sites for hydroxylation is 1. The van der Waals surface area contributed by atoms with Crippen molar-refractivity contribution in [3.8, 4) is 27.4 Å². The number of aromatic hydroxyl groups is 1. The number of pyridine rings is 1. The summed E-state index contributed by atoms with van der Waals surface area (Å²) in [5.74, 6) is 0.145. The first-order valence-electron chi connectivity index (χ1n) is 10.2. The minimum absolute atomic E-state index is 0.0856. The zero-order valence-electron chi connectivity index (χ0n) is 17.3. The largest absolute Gasteiger partial charge is 0.507 e. The molecule has 1 saturated heterocycles. The van der Waals surface area contributed by atoms with Crippen LogP contribution in [0.1, 0.15) is 12.8 Å². The lowest BCUT2D eigenvalue weighted by Crippen LogP contribution is -2.41. The molecule has 4 heterocycles. The summed E-state index contributed by atoms with van der Waals surface area (Å²) in [5, 5.41) is 15.8. The quantitative estimate of drug-likeness (QED) is 0.491. The molecular weight excluding hydrogens is 430 g/mol. The van der Waals surface area contributed by atoms with E-state index >= 15 is 0 Å². The van der Waals surface area contributed by atoms with Crippen LogP contribution in [0.5, 0.6) is 5.75 Å². The highest BCUT2D eigenvalue weighted by atomic mass is 32.1. The van der Waals surface area contributed by atoms with Crippen molar-refractivity contribution in [1.29, 1.82) is 0 Å². The second-order valence-electron chi connectivity index (χ2n) is 7.81. The van der Waals surface area contributed by atoms with Crippen LogP contribution in [0, 0.1) is 0 Å². The fourth-order valence-corrected chi connectivity index (χ4v) is 5.97. The minimum atomic E-state index is -0.0856. The monoisotopic (exact) mass is 453 g/mol. The summed E-state index contributed by atoms with van der Waals surface area (Å²) >= 11 is 3.09. The van der Waals surface area contributed by atoms with Crippen LogP contribution < -0.4 is 15.8 Å². The van der Waals surface area contributed by atoms with Crippen molar-refractivity contribution in [2.75, 3.05) is 25.0 Å². The van der Waals surface area contributed by atoms with Crippen LogP contribution in [0.3, 0.4) is 0 Å². The molecule has 0 amide bonds. The van der Waals surface area contributed by atoms with Crippen LogP contribution in [0.25, 0.3) is 31.4 Å². The van der Waals surface area contributed by atoms with Crippen LogP contribution >= 0.6 is 22.7 Å². The number of fused-ring (bicyclic) bond motifs is 1. The lowest BCUT2D eigenvalue weighted by Gasteiger charge is -2.31. The summed E-state index contributed by atoms with van der Waals surface area (Å²) in [4.78, 5) is 25.5. The van der Waals surface area contributed by atoms with Gasteiger partial charge in [0, 0.05) is 32.4 Å². The highest BCUT2D eigenvalue weighted by Crippen LogP contribution is 2.40. The van der Waals surface area contributed by atoms with E-state index in [-0.39, 0.29) is 11.3 Å². The second-order valence-corrected chi connectivity index (χ2v) is 9.75. The van der Waals surface area contributed by atoms with E-state index in [9.17, 15) is 9.90 Å². The third-order valence-corrected chi connectivity index (χ3v) is 7.94. The Morgan fingerprint density at radius 3 is 2.55 bits per heavy atom. The normalized spacial score (nSPS) is 14.9. The molecular formula is C22H23N5O2S2. The predicted octanol–water partition coefficient (Wildman–Crippen LogP) is 3.68. The molecule has 160 valence electrons. The van der Waals surface area contributed by atoms with Gasteiger partial charge in [-0.2, -0.15) is 0 Å². The van der Waals surface area contributed by atoms with Crippen molar-refractivity contribution in [3.05, 3.63) is 46.9 Å². The van der Waals surface area contributed by atoms with E-state index in [0.717, 1.165) is 56.9 Å². The summed E-state index contributed by atoms with van der Waals surface area (Å²) in [7, 11) is 3.82. The lowest BCUT2D eigenvalue weighted by molar-refractivity contribution is 0.443. The molecule has 1 aliphatic heterocycles. The fraction of sp³-hybridized carbons (Fsp3) is 0.318. The number of rotatable bonds is 4. The van der Waals surface area contributed by atoms with E-state index < -0.39 is 0 Å². The van der Waals surface area contributed by atoms with Gasteiger partial charge in [0.05, 0.1) is 5.56 Å². The molecule has 0 unspecified atom stereocenters. The molecule has 7 nitrogen and oxygen atoms in total. The van der Waals surface area contributed by atoms with E-state index in [1.165, 1.54) is 15.9 Å².